The van der Waals surface area contributed by atoms with Gasteiger partial charge in [0.1, 0.15) is 18.2 Å². The van der Waals surface area contributed by atoms with Crippen LogP contribution >= 0.6 is 27.5 Å². The first-order chi connectivity index (χ1) is 9.47. The highest BCUT2D eigenvalue weighted by atomic mass is 79.9. The van der Waals surface area contributed by atoms with Gasteiger partial charge >= 0.3 is 5.97 Å². The Morgan fingerprint density at radius 2 is 2.30 bits per heavy atom. The van der Waals surface area contributed by atoms with Crippen LogP contribution in [0.5, 0.6) is 5.75 Å². The summed E-state index contributed by atoms with van der Waals surface area (Å²) in [5.41, 5.74) is -0.149. The first-order valence-corrected chi connectivity index (χ1v) is 6.55. The van der Waals surface area contributed by atoms with Crippen LogP contribution in [0.3, 0.4) is 0 Å². The predicted molar refractivity (Wildman–Crippen MR) is 71.6 cm³/mol. The van der Waals surface area contributed by atoms with Gasteiger partial charge in [-0.3, -0.25) is 0 Å². The fourth-order valence-electron chi connectivity index (χ4n) is 1.37. The topological polar surface area (TPSA) is 77.2 Å². The first kappa shape index (κ1) is 14.7. The van der Waals surface area contributed by atoms with Gasteiger partial charge in [-0.1, -0.05) is 16.8 Å². The number of carbonyl (C=O) groups is 1. The lowest BCUT2D eigenvalue weighted by molar-refractivity contribution is 0.0690. The van der Waals surface area contributed by atoms with Crippen molar-refractivity contribution in [3.8, 4) is 5.75 Å². The molecule has 6 nitrogen and oxygen atoms in total. The normalized spacial score (nSPS) is 10.6. The molecule has 1 heterocycles. The van der Waals surface area contributed by atoms with Crippen LogP contribution in [-0.2, 0) is 6.54 Å². The van der Waals surface area contributed by atoms with Crippen LogP contribution in [0.15, 0.2) is 22.8 Å². The van der Waals surface area contributed by atoms with Crippen molar-refractivity contribution in [3.05, 3.63) is 39.3 Å². The third-order valence-corrected chi connectivity index (χ3v) is 3.22. The zero-order valence-electron chi connectivity index (χ0n) is 9.89. The van der Waals surface area contributed by atoms with E-state index in [2.05, 4.69) is 26.2 Å². The second-order valence-electron chi connectivity index (χ2n) is 3.72. The van der Waals surface area contributed by atoms with Gasteiger partial charge in [-0.15, -0.1) is 5.10 Å². The molecule has 0 saturated carbocycles. The zero-order chi connectivity index (χ0) is 14.7. The summed E-state index contributed by atoms with van der Waals surface area (Å²) in [5, 5.41) is 15.8. The Balaban J connectivity index is 1.95. The molecule has 2 aromatic rings. The predicted octanol–water partition coefficient (Wildman–Crippen LogP) is 2.61. The highest BCUT2D eigenvalue weighted by molar-refractivity contribution is 9.10. The molecule has 0 saturated heterocycles. The third-order valence-electron chi connectivity index (χ3n) is 2.31. The Hall–Kier alpha value is -1.67. The molecule has 0 unspecified atom stereocenters. The SMILES string of the molecule is O=C(O)c1cn(CCOc2cc(F)c(Cl)cc2Br)nn1. The number of carboxylic acid groups (broad SMARTS) is 1. The summed E-state index contributed by atoms with van der Waals surface area (Å²) >= 11 is 8.81. The number of carboxylic acids is 1. The number of nitrogens with zero attached hydrogens (tertiary/aromatic N) is 3. The number of aromatic carboxylic acids is 1. The molecule has 0 aliphatic carbocycles. The molecule has 0 amide bonds. The van der Waals surface area contributed by atoms with Crippen LogP contribution in [-0.4, -0.2) is 32.7 Å². The minimum atomic E-state index is -1.15. The molecule has 1 N–H and O–H groups in total. The van der Waals surface area contributed by atoms with Gasteiger partial charge in [0.25, 0.3) is 0 Å². The summed E-state index contributed by atoms with van der Waals surface area (Å²) in [6, 6.07) is 2.56. The van der Waals surface area contributed by atoms with Crippen LogP contribution in [0.2, 0.25) is 5.02 Å². The lowest BCUT2D eigenvalue weighted by atomic mass is 10.3. The van der Waals surface area contributed by atoms with Gasteiger partial charge in [-0.05, 0) is 22.0 Å². The standard InChI is InChI=1S/C11H8BrClFN3O3/c12-6-3-7(13)8(14)4-10(6)20-2-1-17-5-9(11(18)19)15-16-17/h3-5H,1-2H2,(H,18,19). The second-order valence-corrected chi connectivity index (χ2v) is 4.98. The summed E-state index contributed by atoms with van der Waals surface area (Å²) in [6.07, 6.45) is 1.28. The van der Waals surface area contributed by atoms with E-state index in [1.54, 1.807) is 0 Å². The Bertz CT molecular complexity index is 650. The number of hydrogen-bond acceptors (Lipinski definition) is 4. The van der Waals surface area contributed by atoms with E-state index in [9.17, 15) is 9.18 Å². The van der Waals surface area contributed by atoms with Crippen molar-refractivity contribution in [2.45, 2.75) is 6.54 Å². The van der Waals surface area contributed by atoms with Crippen molar-refractivity contribution in [1.29, 1.82) is 0 Å². The van der Waals surface area contributed by atoms with E-state index in [1.165, 1.54) is 16.9 Å². The number of ether oxygens (including phenoxy) is 1. The third kappa shape index (κ3) is 3.45. The van der Waals surface area contributed by atoms with Crippen molar-refractivity contribution >= 4 is 33.5 Å². The molecule has 0 aliphatic heterocycles. The van der Waals surface area contributed by atoms with Crippen LogP contribution < -0.4 is 4.74 Å². The Kier molecular flexibility index (Phi) is 4.56. The maximum atomic E-state index is 13.3. The maximum Gasteiger partial charge on any atom is 0.358 e. The molecule has 0 aliphatic rings. The van der Waals surface area contributed by atoms with E-state index in [0.29, 0.717) is 10.2 Å². The average Bonchev–Trinajstić information content (AvgIpc) is 2.84. The molecule has 1 aromatic heterocycles. The molecule has 20 heavy (non-hydrogen) atoms. The molecule has 1 aromatic carbocycles. The molecule has 0 radical (unpaired) electrons. The van der Waals surface area contributed by atoms with Gasteiger partial charge in [-0.25, -0.2) is 13.9 Å². The van der Waals surface area contributed by atoms with Crippen molar-refractivity contribution in [1.82, 2.24) is 15.0 Å². The smallest absolute Gasteiger partial charge is 0.358 e. The van der Waals surface area contributed by atoms with Crippen molar-refractivity contribution in [2.24, 2.45) is 0 Å². The van der Waals surface area contributed by atoms with E-state index in [0.717, 1.165) is 6.07 Å². The summed E-state index contributed by atoms with van der Waals surface area (Å²) in [6.45, 7) is 0.444. The Morgan fingerprint density at radius 3 is 2.95 bits per heavy atom. The highest BCUT2D eigenvalue weighted by Crippen LogP contribution is 2.30. The molecule has 0 spiro atoms. The van der Waals surface area contributed by atoms with Gasteiger partial charge in [0, 0.05) is 6.07 Å². The molecule has 0 fully saturated rings. The van der Waals surface area contributed by atoms with Gasteiger partial charge in [0.05, 0.1) is 22.2 Å². The minimum Gasteiger partial charge on any atom is -0.490 e. The van der Waals surface area contributed by atoms with Crippen LogP contribution in [0.4, 0.5) is 4.39 Å². The van der Waals surface area contributed by atoms with Crippen molar-refractivity contribution in [2.75, 3.05) is 6.61 Å². The zero-order valence-corrected chi connectivity index (χ0v) is 12.2. The summed E-state index contributed by atoms with van der Waals surface area (Å²) in [7, 11) is 0. The molecule has 0 bridgehead atoms. The fraction of sp³-hybridized carbons (Fsp3) is 0.182. The van der Waals surface area contributed by atoms with E-state index in [1.807, 2.05) is 0 Å². The fourth-order valence-corrected chi connectivity index (χ4v) is 2.12. The number of aromatic nitrogens is 3. The summed E-state index contributed by atoms with van der Waals surface area (Å²) in [5.74, 6) is -1.44. The molecule has 0 atom stereocenters. The van der Waals surface area contributed by atoms with E-state index in [4.69, 9.17) is 21.4 Å². The molecule has 106 valence electrons. The Labute approximate surface area is 126 Å². The van der Waals surface area contributed by atoms with E-state index >= 15 is 0 Å². The van der Waals surface area contributed by atoms with E-state index < -0.39 is 11.8 Å². The van der Waals surface area contributed by atoms with Gasteiger partial charge in [-0.2, -0.15) is 0 Å². The minimum absolute atomic E-state index is 0.00778. The van der Waals surface area contributed by atoms with E-state index in [-0.39, 0.29) is 23.9 Å². The van der Waals surface area contributed by atoms with Gasteiger partial charge < -0.3 is 9.84 Å². The maximum absolute atomic E-state index is 13.3. The number of rotatable bonds is 5. The molecule has 2 rings (SSSR count). The molecular formula is C11H8BrClFN3O3. The monoisotopic (exact) mass is 363 g/mol. The van der Waals surface area contributed by atoms with Gasteiger partial charge in [0.2, 0.25) is 0 Å². The largest absolute Gasteiger partial charge is 0.490 e. The van der Waals surface area contributed by atoms with Crippen LogP contribution in [0.25, 0.3) is 0 Å². The van der Waals surface area contributed by atoms with Crippen molar-refractivity contribution < 1.29 is 19.0 Å². The lowest BCUT2D eigenvalue weighted by Crippen LogP contribution is -2.09. The summed E-state index contributed by atoms with van der Waals surface area (Å²) in [4.78, 5) is 10.6. The van der Waals surface area contributed by atoms with Gasteiger partial charge in [0.15, 0.2) is 5.69 Å². The number of halogens is 3. The quantitative estimate of drug-likeness (QED) is 0.825. The molecular weight excluding hydrogens is 356 g/mol. The first-order valence-electron chi connectivity index (χ1n) is 5.38. The average molecular weight is 365 g/mol. The number of benzene rings is 1. The highest BCUT2D eigenvalue weighted by Gasteiger charge is 2.10. The lowest BCUT2D eigenvalue weighted by Gasteiger charge is -2.08. The summed E-state index contributed by atoms with van der Waals surface area (Å²) < 4.78 is 20.5. The second kappa shape index (κ2) is 6.19. The number of hydrogen-bond donors (Lipinski definition) is 1. The van der Waals surface area contributed by atoms with Crippen molar-refractivity contribution in [3.63, 3.8) is 0 Å². The Morgan fingerprint density at radius 1 is 1.55 bits per heavy atom. The van der Waals surface area contributed by atoms with Crippen LogP contribution in [0, 0.1) is 5.82 Å². The van der Waals surface area contributed by atoms with Crippen LogP contribution in [0.1, 0.15) is 10.5 Å². The molecule has 9 heteroatoms.